The molecule has 0 aromatic rings. The van der Waals surface area contributed by atoms with Gasteiger partial charge in [0.2, 0.25) is 0 Å². The zero-order valence-corrected chi connectivity index (χ0v) is 47.9. The number of aliphatic hydroxyl groups is 1. The van der Waals surface area contributed by atoms with Crippen LogP contribution in [0.25, 0.3) is 0 Å². The molecule has 5 heteroatoms. The van der Waals surface area contributed by atoms with E-state index in [0.29, 0.717) is 12.8 Å². The molecule has 1 atom stereocenters. The SMILES string of the molecule is CC/C=C\C/C=C\C/C=C\C/C=C\C/C=C\CCCCCCCCCCCCCCCC(=O)OC(CO)COC(=O)CCCCCCCCCCCCCCCCCCC/C=C\CCCCCCCCCC. The molecule has 418 valence electrons. The fraction of sp³-hybridized carbons (Fsp3) is 0.791. The van der Waals surface area contributed by atoms with Crippen molar-refractivity contribution in [3.63, 3.8) is 0 Å². The van der Waals surface area contributed by atoms with Gasteiger partial charge in [0.15, 0.2) is 6.10 Å². The van der Waals surface area contributed by atoms with Crippen molar-refractivity contribution in [3.8, 4) is 0 Å². The molecule has 0 aliphatic heterocycles. The van der Waals surface area contributed by atoms with Gasteiger partial charge in [0.25, 0.3) is 0 Å². The molecule has 0 amide bonds. The molecule has 0 aromatic carbocycles. The molecule has 1 unspecified atom stereocenters. The Kier molecular flexibility index (Phi) is 60.3. The first-order valence-corrected chi connectivity index (χ1v) is 31.5. The molecular formula is C67H120O5. The van der Waals surface area contributed by atoms with Gasteiger partial charge >= 0.3 is 11.9 Å². The normalized spacial score (nSPS) is 12.7. The standard InChI is InChI=1S/C67H120O5/c1-3-5-7-9-11-13-15-17-19-21-23-25-27-29-31-33-35-37-39-41-43-45-47-49-51-53-55-57-59-61-66(69)71-64-65(63-68)72-67(70)62-60-58-56-54-52-50-48-46-44-42-40-38-36-34-32-30-28-26-24-22-20-18-16-14-12-10-8-6-4-2/h6,8,12,14,18,20-21,23-24,26,30,32,65,68H,3-5,7,9-11,13,15-17,19,22,25,27-29,31,33-64H2,1-2H3/b8-6-,14-12-,20-18-,23-21-,26-24-,32-30-. The average molecular weight is 1010 g/mol. The van der Waals surface area contributed by atoms with Gasteiger partial charge in [-0.15, -0.1) is 0 Å². The smallest absolute Gasteiger partial charge is 0.306 e. The lowest BCUT2D eigenvalue weighted by Gasteiger charge is -2.15. The predicted octanol–water partition coefficient (Wildman–Crippen LogP) is 21.5. The summed E-state index contributed by atoms with van der Waals surface area (Å²) < 4.78 is 10.7. The van der Waals surface area contributed by atoms with Crippen molar-refractivity contribution in [3.05, 3.63) is 72.9 Å². The second-order valence-corrected chi connectivity index (χ2v) is 21.1. The van der Waals surface area contributed by atoms with E-state index in [2.05, 4.69) is 86.8 Å². The summed E-state index contributed by atoms with van der Waals surface area (Å²) in [6.45, 7) is 4.06. The highest BCUT2D eigenvalue weighted by atomic mass is 16.6. The Morgan fingerprint density at radius 3 is 0.917 bits per heavy atom. The number of unbranched alkanes of at least 4 members (excludes halogenated alkanes) is 38. The van der Waals surface area contributed by atoms with Gasteiger partial charge in [0.1, 0.15) is 6.61 Å². The molecule has 5 nitrogen and oxygen atoms in total. The first-order chi connectivity index (χ1) is 35.6. The summed E-state index contributed by atoms with van der Waals surface area (Å²) in [5, 5.41) is 9.68. The van der Waals surface area contributed by atoms with Crippen molar-refractivity contribution in [1.29, 1.82) is 0 Å². The summed E-state index contributed by atoms with van der Waals surface area (Å²) in [6.07, 6.45) is 86.2. The monoisotopic (exact) mass is 1000 g/mol. The minimum atomic E-state index is -0.775. The van der Waals surface area contributed by atoms with E-state index >= 15 is 0 Å². The van der Waals surface area contributed by atoms with Gasteiger partial charge < -0.3 is 14.6 Å². The van der Waals surface area contributed by atoms with E-state index in [1.165, 1.54) is 225 Å². The summed E-state index contributed by atoms with van der Waals surface area (Å²) >= 11 is 0. The highest BCUT2D eigenvalue weighted by Crippen LogP contribution is 2.17. The zero-order chi connectivity index (χ0) is 52.0. The van der Waals surface area contributed by atoms with Crippen LogP contribution in [0.3, 0.4) is 0 Å². The maximum Gasteiger partial charge on any atom is 0.306 e. The Morgan fingerprint density at radius 1 is 0.333 bits per heavy atom. The van der Waals surface area contributed by atoms with Crippen molar-refractivity contribution in [2.24, 2.45) is 0 Å². The number of carbonyl (C=O) groups is 2. The Morgan fingerprint density at radius 2 is 0.597 bits per heavy atom. The lowest BCUT2D eigenvalue weighted by Crippen LogP contribution is -2.28. The summed E-state index contributed by atoms with van der Waals surface area (Å²) in [5.74, 6) is -0.579. The van der Waals surface area contributed by atoms with E-state index in [1.807, 2.05) is 0 Å². The molecule has 0 saturated carbocycles. The molecule has 0 bridgehead atoms. The number of ether oxygens (including phenoxy) is 2. The van der Waals surface area contributed by atoms with Gasteiger partial charge in [0, 0.05) is 12.8 Å². The Hall–Kier alpha value is -2.66. The minimum Gasteiger partial charge on any atom is -0.462 e. The summed E-state index contributed by atoms with van der Waals surface area (Å²) in [6, 6.07) is 0. The van der Waals surface area contributed by atoms with Crippen LogP contribution in [-0.4, -0.2) is 36.4 Å². The van der Waals surface area contributed by atoms with E-state index in [1.54, 1.807) is 0 Å². The molecule has 0 aromatic heterocycles. The molecule has 0 aliphatic rings. The molecule has 0 rings (SSSR count). The van der Waals surface area contributed by atoms with E-state index < -0.39 is 6.10 Å². The second kappa shape index (κ2) is 62.6. The topological polar surface area (TPSA) is 72.8 Å². The summed E-state index contributed by atoms with van der Waals surface area (Å²) in [5.41, 5.74) is 0. The molecular weight excluding hydrogens is 885 g/mol. The molecule has 0 spiro atoms. The molecule has 72 heavy (non-hydrogen) atoms. The Bertz CT molecular complexity index is 1270. The van der Waals surface area contributed by atoms with E-state index in [0.717, 1.165) is 70.6 Å². The second-order valence-electron chi connectivity index (χ2n) is 21.1. The number of hydrogen-bond donors (Lipinski definition) is 1. The number of allylic oxidation sites excluding steroid dienone is 12. The van der Waals surface area contributed by atoms with Crippen LogP contribution in [0.5, 0.6) is 0 Å². The first-order valence-electron chi connectivity index (χ1n) is 31.5. The van der Waals surface area contributed by atoms with Gasteiger partial charge in [-0.25, -0.2) is 0 Å². The van der Waals surface area contributed by atoms with Gasteiger partial charge in [-0.3, -0.25) is 9.59 Å². The highest BCUT2D eigenvalue weighted by Gasteiger charge is 2.16. The number of aliphatic hydroxyl groups excluding tert-OH is 1. The van der Waals surface area contributed by atoms with Crippen LogP contribution in [0.1, 0.15) is 322 Å². The maximum absolute atomic E-state index is 12.3. The third kappa shape index (κ3) is 59.9. The third-order valence-electron chi connectivity index (χ3n) is 14.0. The predicted molar refractivity (Wildman–Crippen MR) is 316 cm³/mol. The first kappa shape index (κ1) is 69.3. The van der Waals surface area contributed by atoms with Crippen LogP contribution in [-0.2, 0) is 19.1 Å². The van der Waals surface area contributed by atoms with Crippen LogP contribution < -0.4 is 0 Å². The van der Waals surface area contributed by atoms with Crippen molar-refractivity contribution in [2.75, 3.05) is 13.2 Å². The van der Waals surface area contributed by atoms with E-state index in [4.69, 9.17) is 9.47 Å². The number of carbonyl (C=O) groups excluding carboxylic acids is 2. The fourth-order valence-electron chi connectivity index (χ4n) is 9.29. The summed E-state index contributed by atoms with van der Waals surface area (Å²) in [4.78, 5) is 24.6. The molecule has 0 heterocycles. The highest BCUT2D eigenvalue weighted by molar-refractivity contribution is 5.70. The quantitative estimate of drug-likeness (QED) is 0.0373. The lowest BCUT2D eigenvalue weighted by atomic mass is 10.0. The van der Waals surface area contributed by atoms with Crippen molar-refractivity contribution >= 4 is 11.9 Å². The van der Waals surface area contributed by atoms with Crippen molar-refractivity contribution in [1.82, 2.24) is 0 Å². The third-order valence-corrected chi connectivity index (χ3v) is 14.0. The minimum absolute atomic E-state index is 0.0649. The molecule has 0 saturated heterocycles. The van der Waals surface area contributed by atoms with E-state index in [-0.39, 0.29) is 25.2 Å². The van der Waals surface area contributed by atoms with Crippen molar-refractivity contribution < 1.29 is 24.2 Å². The summed E-state index contributed by atoms with van der Waals surface area (Å²) in [7, 11) is 0. The van der Waals surface area contributed by atoms with Crippen LogP contribution in [0.4, 0.5) is 0 Å². The van der Waals surface area contributed by atoms with Gasteiger partial charge in [-0.1, -0.05) is 299 Å². The molecule has 0 aliphatic carbocycles. The average Bonchev–Trinajstić information content (AvgIpc) is 3.38. The molecule has 0 radical (unpaired) electrons. The van der Waals surface area contributed by atoms with E-state index in [9.17, 15) is 14.7 Å². The fourth-order valence-corrected chi connectivity index (χ4v) is 9.29. The lowest BCUT2D eigenvalue weighted by molar-refractivity contribution is -0.161. The number of hydrogen-bond acceptors (Lipinski definition) is 5. The van der Waals surface area contributed by atoms with Crippen LogP contribution in [0, 0.1) is 0 Å². The van der Waals surface area contributed by atoms with Gasteiger partial charge in [-0.05, 0) is 83.5 Å². The maximum atomic E-state index is 12.3. The molecule has 1 N–H and O–H groups in total. The number of rotatable bonds is 58. The zero-order valence-electron chi connectivity index (χ0n) is 47.9. The van der Waals surface area contributed by atoms with Crippen LogP contribution >= 0.6 is 0 Å². The number of esters is 2. The van der Waals surface area contributed by atoms with Gasteiger partial charge in [-0.2, -0.15) is 0 Å². The van der Waals surface area contributed by atoms with Gasteiger partial charge in [0.05, 0.1) is 6.61 Å². The molecule has 0 fully saturated rings. The van der Waals surface area contributed by atoms with Crippen LogP contribution in [0.15, 0.2) is 72.9 Å². The van der Waals surface area contributed by atoms with Crippen molar-refractivity contribution in [2.45, 2.75) is 328 Å². The largest absolute Gasteiger partial charge is 0.462 e. The Balaban J connectivity index is 3.45. The van der Waals surface area contributed by atoms with Crippen LogP contribution in [0.2, 0.25) is 0 Å². The Labute approximate surface area is 448 Å².